The summed E-state index contributed by atoms with van der Waals surface area (Å²) in [7, 11) is 0. The third-order valence-corrected chi connectivity index (χ3v) is 2.48. The van der Waals surface area contributed by atoms with Gasteiger partial charge in [-0.3, -0.25) is 9.59 Å². The molecule has 0 heterocycles. The molecule has 1 N–H and O–H groups in total. The molecule has 0 saturated carbocycles. The maximum Gasteiger partial charge on any atom is 0.419 e. The Morgan fingerprint density at radius 1 is 0.652 bits per heavy atom. The van der Waals surface area contributed by atoms with Crippen molar-refractivity contribution in [3.8, 4) is 0 Å². The minimum Gasteiger partial charge on any atom is -0.480 e. The van der Waals surface area contributed by atoms with E-state index in [1.807, 2.05) is 0 Å². The Bertz CT molecular complexity index is 442. The summed E-state index contributed by atoms with van der Waals surface area (Å²) >= 11 is 0. The highest BCUT2D eigenvalue weighted by Gasteiger charge is 2.89. The van der Waals surface area contributed by atoms with E-state index >= 15 is 0 Å². The third-order valence-electron chi connectivity index (χ3n) is 2.48. The van der Waals surface area contributed by atoms with Gasteiger partial charge >= 0.3 is 36.1 Å². The zero-order chi connectivity index (χ0) is 19.2. The molecule has 0 saturated heterocycles. The first-order valence-corrected chi connectivity index (χ1v) is 4.77. The van der Waals surface area contributed by atoms with Gasteiger partial charge in [0.25, 0.3) is 0 Å². The number of carboxylic acids is 1. The maximum absolute atomic E-state index is 12.4. The Morgan fingerprint density at radius 2 is 0.913 bits per heavy atom. The molecule has 0 aromatic carbocycles. The van der Waals surface area contributed by atoms with Crippen molar-refractivity contribution in [3.63, 3.8) is 0 Å². The van der Waals surface area contributed by atoms with Gasteiger partial charge in [0.05, 0.1) is 0 Å². The summed E-state index contributed by atoms with van der Waals surface area (Å²) in [5, 5.41) is 8.00. The van der Waals surface area contributed by atoms with E-state index in [1.54, 1.807) is 0 Å². The maximum atomic E-state index is 12.4. The van der Waals surface area contributed by atoms with Crippen LogP contribution in [-0.4, -0.2) is 41.6 Å². The number of aliphatic carboxylic acids is 1. The van der Waals surface area contributed by atoms with E-state index in [4.69, 9.17) is 5.11 Å². The van der Waals surface area contributed by atoms with Crippen molar-refractivity contribution >= 4 is 11.8 Å². The molecule has 15 heteroatoms. The molecule has 3 nitrogen and oxygen atoms in total. The van der Waals surface area contributed by atoms with Gasteiger partial charge in [0.1, 0.15) is 0 Å². The Hall–Kier alpha value is -1.70. The second-order valence-electron chi connectivity index (χ2n) is 3.92. The van der Waals surface area contributed by atoms with Gasteiger partial charge in [-0.05, 0) is 0 Å². The molecule has 1 unspecified atom stereocenters. The molecule has 0 amide bonds. The fourth-order valence-electron chi connectivity index (χ4n) is 1.52. The summed E-state index contributed by atoms with van der Waals surface area (Å²) in [4.78, 5) is 21.1. The molecule has 23 heavy (non-hydrogen) atoms. The lowest BCUT2D eigenvalue weighted by Gasteiger charge is -2.38. The number of ketones is 1. The Labute approximate surface area is 116 Å². The Morgan fingerprint density at radius 3 is 1.04 bits per heavy atom. The van der Waals surface area contributed by atoms with Crippen molar-refractivity contribution in [1.29, 1.82) is 0 Å². The van der Waals surface area contributed by atoms with Gasteiger partial charge in [-0.15, -0.1) is 0 Å². The second kappa shape index (κ2) is 5.43. The highest BCUT2D eigenvalue weighted by molar-refractivity contribution is 6.03. The first-order chi connectivity index (χ1) is 9.73. The van der Waals surface area contributed by atoms with Gasteiger partial charge in [-0.2, -0.15) is 52.7 Å². The van der Waals surface area contributed by atoms with Crippen molar-refractivity contribution in [2.45, 2.75) is 24.7 Å². The first-order valence-electron chi connectivity index (χ1n) is 4.77. The third kappa shape index (κ3) is 3.31. The topological polar surface area (TPSA) is 54.4 Å². The van der Waals surface area contributed by atoms with Crippen LogP contribution in [0, 0.1) is 11.3 Å². The van der Waals surface area contributed by atoms with Gasteiger partial charge in [-0.1, -0.05) is 0 Å². The zero-order valence-electron chi connectivity index (χ0n) is 9.88. The van der Waals surface area contributed by atoms with Gasteiger partial charge in [0, 0.05) is 0 Å². The van der Waals surface area contributed by atoms with Gasteiger partial charge in [0.2, 0.25) is 5.92 Å². The van der Waals surface area contributed by atoms with Crippen LogP contribution in [-0.2, 0) is 9.59 Å². The van der Waals surface area contributed by atoms with Gasteiger partial charge in [0.15, 0.2) is 5.78 Å². The molecular formula is C8H2F12O3. The number of carboxylic acid groups (broad SMARTS) is 1. The largest absolute Gasteiger partial charge is 0.480 e. The number of alkyl halides is 12. The number of Topliss-reactive ketones (excluding diaryl/α,β-unsaturated/α-hetero) is 1. The van der Waals surface area contributed by atoms with E-state index in [1.165, 1.54) is 0 Å². The smallest absolute Gasteiger partial charge is 0.419 e. The summed E-state index contributed by atoms with van der Waals surface area (Å²) < 4.78 is 148. The molecule has 0 spiro atoms. The van der Waals surface area contributed by atoms with Crippen LogP contribution in [0.25, 0.3) is 0 Å². The lowest BCUT2D eigenvalue weighted by Crippen LogP contribution is -2.67. The Kier molecular flexibility index (Phi) is 5.03. The molecule has 0 rings (SSSR count). The predicted octanol–water partition coefficient (Wildman–Crippen LogP) is 3.49. The lowest BCUT2D eigenvalue weighted by atomic mass is 9.75. The number of hydrogen-bond acceptors (Lipinski definition) is 2. The molecule has 0 aromatic rings. The van der Waals surface area contributed by atoms with E-state index in [-0.39, 0.29) is 0 Å². The summed E-state index contributed by atoms with van der Waals surface area (Å²) in [6, 6.07) is 0. The van der Waals surface area contributed by atoms with Crippen LogP contribution in [0.5, 0.6) is 0 Å². The quantitative estimate of drug-likeness (QED) is 0.608. The molecule has 0 aliphatic rings. The standard InChI is InChI=1S/C8H2F12O3/c9-5(10,11)1(3(22)23)2(21)4(6(12,13)14,7(15,16)17)8(18,19)20/h1H,(H,22,23). The van der Waals surface area contributed by atoms with Crippen LogP contribution in [0.3, 0.4) is 0 Å². The highest BCUT2D eigenvalue weighted by Crippen LogP contribution is 2.61. The van der Waals surface area contributed by atoms with Crippen LogP contribution in [0.2, 0.25) is 0 Å². The van der Waals surface area contributed by atoms with Gasteiger partial charge < -0.3 is 5.11 Å². The van der Waals surface area contributed by atoms with Crippen molar-refractivity contribution in [2.75, 3.05) is 0 Å². The second-order valence-corrected chi connectivity index (χ2v) is 3.92. The molecule has 0 bridgehead atoms. The van der Waals surface area contributed by atoms with Crippen LogP contribution < -0.4 is 0 Å². The van der Waals surface area contributed by atoms with Gasteiger partial charge in [-0.25, -0.2) is 0 Å². The van der Waals surface area contributed by atoms with Crippen LogP contribution >= 0.6 is 0 Å². The van der Waals surface area contributed by atoms with Crippen molar-refractivity contribution in [1.82, 2.24) is 0 Å². The highest BCUT2D eigenvalue weighted by atomic mass is 19.4. The molecule has 0 aromatic heterocycles. The minimum absolute atomic E-state index is 3.65. The average Bonchev–Trinajstić information content (AvgIpc) is 2.04. The first kappa shape index (κ1) is 21.3. The SMILES string of the molecule is O=C(O)C(C(=O)C(C(F)(F)F)(C(F)(F)F)C(F)(F)F)C(F)(F)F. The summed E-state index contributed by atoms with van der Waals surface area (Å²) in [6.07, 6.45) is -29.5. The zero-order valence-corrected chi connectivity index (χ0v) is 9.88. The molecule has 0 aliphatic carbocycles. The number of halogens is 12. The van der Waals surface area contributed by atoms with Crippen molar-refractivity contribution < 1.29 is 67.4 Å². The van der Waals surface area contributed by atoms with Crippen LogP contribution in [0.1, 0.15) is 0 Å². The Balaban J connectivity index is 6.85. The molecule has 1 atom stereocenters. The van der Waals surface area contributed by atoms with E-state index < -0.39 is 47.8 Å². The van der Waals surface area contributed by atoms with E-state index in [0.717, 1.165) is 0 Å². The fraction of sp³-hybridized carbons (Fsp3) is 0.750. The molecule has 0 radical (unpaired) electrons. The average molecular weight is 374 g/mol. The van der Waals surface area contributed by atoms with Crippen molar-refractivity contribution in [3.05, 3.63) is 0 Å². The molecule has 0 fully saturated rings. The summed E-state index contributed by atoms with van der Waals surface area (Å²) in [5.74, 6) is -13.5. The lowest BCUT2D eigenvalue weighted by molar-refractivity contribution is -0.408. The van der Waals surface area contributed by atoms with Crippen LogP contribution in [0.4, 0.5) is 52.7 Å². The number of rotatable bonds is 3. The van der Waals surface area contributed by atoms with E-state index in [0.29, 0.717) is 0 Å². The molecule has 0 aliphatic heterocycles. The number of carbonyl (C=O) groups excluding carboxylic acids is 1. The molecular weight excluding hydrogens is 372 g/mol. The van der Waals surface area contributed by atoms with E-state index in [9.17, 15) is 62.3 Å². The van der Waals surface area contributed by atoms with Crippen molar-refractivity contribution in [2.24, 2.45) is 11.3 Å². The minimum atomic E-state index is -7.63. The summed E-state index contributed by atoms with van der Waals surface area (Å²) in [5.41, 5.74) is -7.51. The van der Waals surface area contributed by atoms with E-state index in [2.05, 4.69) is 0 Å². The fourth-order valence-corrected chi connectivity index (χ4v) is 1.52. The monoisotopic (exact) mass is 374 g/mol. The molecule has 136 valence electrons. The number of carbonyl (C=O) groups is 2. The normalized spacial score (nSPS) is 16.2. The van der Waals surface area contributed by atoms with Crippen LogP contribution in [0.15, 0.2) is 0 Å². The number of hydrogen-bond donors (Lipinski definition) is 1. The predicted molar refractivity (Wildman–Crippen MR) is 42.8 cm³/mol. The summed E-state index contributed by atoms with van der Waals surface area (Å²) in [6.45, 7) is 0.